The van der Waals surface area contributed by atoms with E-state index in [4.69, 9.17) is 0 Å². The smallest absolute Gasteiger partial charge is 0.0187 e. The first-order chi connectivity index (χ1) is 6.41. The highest BCUT2D eigenvalue weighted by Gasteiger charge is 1.57. The second-order valence-electron chi connectivity index (χ2n) is 1.56. The summed E-state index contributed by atoms with van der Waals surface area (Å²) in [6.45, 7) is 8.00. The Morgan fingerprint density at radius 2 is 0.615 bits per heavy atom. The first-order valence-electron chi connectivity index (χ1n) is 4.82. The Bertz CT molecular complexity index is 88.0. The van der Waals surface area contributed by atoms with Gasteiger partial charge in [0.25, 0.3) is 0 Å². The van der Waals surface area contributed by atoms with Gasteiger partial charge in [-0.3, -0.25) is 0 Å². The van der Waals surface area contributed by atoms with Crippen LogP contribution in [0.15, 0.2) is 36.4 Å². The van der Waals surface area contributed by atoms with E-state index < -0.39 is 0 Å². The topological polar surface area (TPSA) is 0 Å². The zero-order valence-corrected chi connectivity index (χ0v) is 10.7. The van der Waals surface area contributed by atoms with E-state index in [1.807, 2.05) is 76.6 Å². The molecular formula is C12H24S. The van der Waals surface area contributed by atoms with E-state index in [0.29, 0.717) is 0 Å². The molecule has 0 saturated carbocycles. The van der Waals surface area contributed by atoms with Crippen molar-refractivity contribution in [1.82, 2.24) is 0 Å². The van der Waals surface area contributed by atoms with Crippen molar-refractivity contribution in [2.45, 2.75) is 27.7 Å². The predicted octanol–water partition coefficient (Wildman–Crippen LogP) is 4.72. The monoisotopic (exact) mass is 200 g/mol. The van der Waals surface area contributed by atoms with Gasteiger partial charge < -0.3 is 0 Å². The second-order valence-corrected chi connectivity index (χ2v) is 2.38. The highest BCUT2D eigenvalue weighted by molar-refractivity contribution is 7.97. The van der Waals surface area contributed by atoms with Gasteiger partial charge in [-0.1, -0.05) is 64.1 Å². The fourth-order valence-corrected chi connectivity index (χ4v) is 0.385. The van der Waals surface area contributed by atoms with Crippen LogP contribution in [-0.4, -0.2) is 12.5 Å². The number of rotatable bonds is 0. The van der Waals surface area contributed by atoms with Gasteiger partial charge in [0.2, 0.25) is 0 Å². The second kappa shape index (κ2) is 29.9. The molecule has 0 N–H and O–H groups in total. The number of hydrogen-bond acceptors (Lipinski definition) is 1. The lowest BCUT2D eigenvalue weighted by atomic mass is 10.4. The lowest BCUT2D eigenvalue weighted by Crippen LogP contribution is -1.47. The van der Waals surface area contributed by atoms with Crippen LogP contribution in [0.3, 0.4) is 0 Å². The van der Waals surface area contributed by atoms with Crippen molar-refractivity contribution >= 4 is 11.8 Å². The normalized spacial score (nSPS) is 6.00. The summed E-state index contributed by atoms with van der Waals surface area (Å²) in [5, 5.41) is 0. The SMILES string of the molecule is CC.CC.CSC.c1ccccc1. The zero-order chi connectivity index (χ0) is 10.9. The summed E-state index contributed by atoms with van der Waals surface area (Å²) in [6.07, 6.45) is 4.08. The third-order valence-electron chi connectivity index (χ3n) is 0.667. The molecule has 0 atom stereocenters. The molecule has 0 aliphatic heterocycles. The molecule has 0 aliphatic rings. The van der Waals surface area contributed by atoms with Gasteiger partial charge in [0, 0.05) is 0 Å². The van der Waals surface area contributed by atoms with Gasteiger partial charge in [0.1, 0.15) is 0 Å². The molecule has 0 saturated heterocycles. The van der Waals surface area contributed by atoms with Crippen LogP contribution in [0.2, 0.25) is 0 Å². The lowest BCUT2D eigenvalue weighted by molar-refractivity contribution is 1.50. The Morgan fingerprint density at radius 3 is 0.692 bits per heavy atom. The molecule has 78 valence electrons. The molecule has 0 fully saturated rings. The van der Waals surface area contributed by atoms with E-state index in [2.05, 4.69) is 0 Å². The molecule has 0 bridgehead atoms. The van der Waals surface area contributed by atoms with Crippen molar-refractivity contribution in [3.63, 3.8) is 0 Å². The molecule has 1 rings (SSSR count). The van der Waals surface area contributed by atoms with Crippen molar-refractivity contribution in [3.05, 3.63) is 36.4 Å². The molecule has 0 aliphatic carbocycles. The fraction of sp³-hybridized carbons (Fsp3) is 0.500. The van der Waals surface area contributed by atoms with E-state index in [1.165, 1.54) is 0 Å². The van der Waals surface area contributed by atoms with Crippen LogP contribution in [0, 0.1) is 0 Å². The van der Waals surface area contributed by atoms with Crippen LogP contribution in [0.5, 0.6) is 0 Å². The summed E-state index contributed by atoms with van der Waals surface area (Å²) in [6, 6.07) is 12.0. The Labute approximate surface area is 88.8 Å². The minimum absolute atomic E-state index is 1.75. The van der Waals surface area contributed by atoms with E-state index >= 15 is 0 Å². The molecule has 0 nitrogen and oxygen atoms in total. The maximum atomic E-state index is 2.04. The van der Waals surface area contributed by atoms with Crippen molar-refractivity contribution in [3.8, 4) is 0 Å². The Morgan fingerprint density at radius 1 is 0.538 bits per heavy atom. The molecule has 1 aromatic rings. The minimum Gasteiger partial charge on any atom is -0.169 e. The molecule has 13 heavy (non-hydrogen) atoms. The first-order valence-corrected chi connectivity index (χ1v) is 6.45. The number of thioether (sulfide) groups is 1. The van der Waals surface area contributed by atoms with Gasteiger partial charge in [-0.25, -0.2) is 0 Å². The highest BCUT2D eigenvalue weighted by Crippen LogP contribution is 1.79. The van der Waals surface area contributed by atoms with Gasteiger partial charge in [-0.15, -0.1) is 0 Å². The van der Waals surface area contributed by atoms with Crippen molar-refractivity contribution in [2.24, 2.45) is 0 Å². The van der Waals surface area contributed by atoms with Gasteiger partial charge in [0.05, 0.1) is 0 Å². The van der Waals surface area contributed by atoms with Crippen LogP contribution in [0.25, 0.3) is 0 Å². The summed E-state index contributed by atoms with van der Waals surface area (Å²) < 4.78 is 0. The standard InChI is InChI=1S/C6H6.C2H6S.2C2H6/c1-2-4-6-5-3-1;1-3-2;2*1-2/h1-6H;1-2H3;2*1-2H3. The van der Waals surface area contributed by atoms with Gasteiger partial charge in [-0.05, 0) is 12.5 Å². The molecule has 0 amide bonds. The van der Waals surface area contributed by atoms with Crippen LogP contribution >= 0.6 is 11.8 Å². The van der Waals surface area contributed by atoms with Gasteiger partial charge in [0.15, 0.2) is 0 Å². The minimum atomic E-state index is 1.75. The molecule has 1 heteroatoms. The van der Waals surface area contributed by atoms with Gasteiger partial charge in [-0.2, -0.15) is 11.8 Å². The molecule has 0 unspecified atom stereocenters. The predicted molar refractivity (Wildman–Crippen MR) is 68.6 cm³/mol. The average molecular weight is 200 g/mol. The molecule has 0 radical (unpaired) electrons. The maximum Gasteiger partial charge on any atom is -0.0187 e. The molecule has 0 spiro atoms. The Balaban J connectivity index is -0.000000124. The largest absolute Gasteiger partial charge is 0.169 e. The number of benzene rings is 1. The van der Waals surface area contributed by atoms with E-state index in [-0.39, 0.29) is 0 Å². The summed E-state index contributed by atoms with van der Waals surface area (Å²) in [7, 11) is 0. The van der Waals surface area contributed by atoms with E-state index in [9.17, 15) is 0 Å². The molecule has 1 aromatic carbocycles. The lowest BCUT2D eigenvalue weighted by Gasteiger charge is -1.69. The van der Waals surface area contributed by atoms with Crippen molar-refractivity contribution < 1.29 is 0 Å². The summed E-state index contributed by atoms with van der Waals surface area (Å²) in [5.74, 6) is 0. The third-order valence-corrected chi connectivity index (χ3v) is 0.667. The first kappa shape index (κ1) is 18.4. The summed E-state index contributed by atoms with van der Waals surface area (Å²) >= 11 is 1.75. The van der Waals surface area contributed by atoms with E-state index in [0.717, 1.165) is 0 Å². The quantitative estimate of drug-likeness (QED) is 0.584. The third kappa shape index (κ3) is 34.2. The van der Waals surface area contributed by atoms with Crippen LogP contribution in [-0.2, 0) is 0 Å². The molecule has 0 aromatic heterocycles. The molecular weight excluding hydrogens is 176 g/mol. The maximum absolute atomic E-state index is 2.04. The Kier molecular flexibility index (Phi) is 42.3. The number of hydrogen-bond donors (Lipinski definition) is 0. The van der Waals surface area contributed by atoms with Crippen molar-refractivity contribution in [2.75, 3.05) is 12.5 Å². The van der Waals surface area contributed by atoms with Crippen LogP contribution in [0.1, 0.15) is 27.7 Å². The van der Waals surface area contributed by atoms with Gasteiger partial charge >= 0.3 is 0 Å². The highest BCUT2D eigenvalue weighted by atomic mass is 32.2. The Hall–Kier alpha value is -0.430. The average Bonchev–Trinajstić information content (AvgIpc) is 2.27. The van der Waals surface area contributed by atoms with Crippen molar-refractivity contribution in [1.29, 1.82) is 0 Å². The summed E-state index contributed by atoms with van der Waals surface area (Å²) in [4.78, 5) is 0. The zero-order valence-electron chi connectivity index (χ0n) is 9.87. The fourth-order valence-electron chi connectivity index (χ4n) is 0.385. The van der Waals surface area contributed by atoms with E-state index in [1.54, 1.807) is 11.8 Å². The summed E-state index contributed by atoms with van der Waals surface area (Å²) in [5.41, 5.74) is 0. The van der Waals surface area contributed by atoms with Crippen LogP contribution < -0.4 is 0 Å². The molecule has 0 heterocycles. The van der Waals surface area contributed by atoms with Crippen LogP contribution in [0.4, 0.5) is 0 Å².